The number of alkyl carbamates (subject to hydrolysis) is 1. The number of alkyl halides is 2. The van der Waals surface area contributed by atoms with Crippen LogP contribution in [0.15, 0.2) is 0 Å². The topological polar surface area (TPSA) is 75.6 Å². The van der Waals surface area contributed by atoms with Crippen LogP contribution < -0.4 is 5.32 Å². The molecule has 0 spiro atoms. The van der Waals surface area contributed by atoms with Crippen LogP contribution in [0.3, 0.4) is 0 Å². The number of nitrogens with one attached hydrogen (secondary N) is 1. The van der Waals surface area contributed by atoms with Crippen molar-refractivity contribution in [3.8, 4) is 0 Å². The second-order valence-electron chi connectivity index (χ2n) is 4.51. The highest BCUT2D eigenvalue weighted by Crippen LogP contribution is 2.09. The minimum atomic E-state index is -2.60. The SMILES string of the molecule is CC(C)(C)OC(=O)N[C@H](CCC(F)F)C(=O)O. The van der Waals surface area contributed by atoms with Crippen molar-refractivity contribution in [3.63, 3.8) is 0 Å². The number of carbonyl (C=O) groups excluding carboxylic acids is 1. The third kappa shape index (κ3) is 8.41. The highest BCUT2D eigenvalue weighted by molar-refractivity contribution is 5.79. The van der Waals surface area contributed by atoms with Crippen molar-refractivity contribution in [3.05, 3.63) is 0 Å². The molecule has 0 radical (unpaired) electrons. The molecule has 0 aliphatic carbocycles. The lowest BCUT2D eigenvalue weighted by molar-refractivity contribution is -0.139. The maximum Gasteiger partial charge on any atom is 0.408 e. The van der Waals surface area contributed by atoms with Crippen LogP contribution >= 0.6 is 0 Å². The van der Waals surface area contributed by atoms with Crippen LogP contribution in [0.25, 0.3) is 0 Å². The molecule has 100 valence electrons. The number of carboxylic acid groups (broad SMARTS) is 1. The number of ether oxygens (including phenoxy) is 1. The quantitative estimate of drug-likeness (QED) is 0.785. The van der Waals surface area contributed by atoms with E-state index in [0.717, 1.165) is 0 Å². The molecule has 0 rings (SSSR count). The highest BCUT2D eigenvalue weighted by atomic mass is 19.3. The lowest BCUT2D eigenvalue weighted by atomic mass is 10.1. The average Bonchev–Trinajstić information content (AvgIpc) is 2.08. The smallest absolute Gasteiger partial charge is 0.408 e. The Bertz CT molecular complexity index is 276. The molecule has 2 N–H and O–H groups in total. The first kappa shape index (κ1) is 15.6. The maximum atomic E-state index is 11.9. The predicted octanol–water partition coefficient (Wildman–Crippen LogP) is 2.01. The van der Waals surface area contributed by atoms with E-state index >= 15 is 0 Å². The fraction of sp³-hybridized carbons (Fsp3) is 0.800. The van der Waals surface area contributed by atoms with Crippen LogP contribution in [0.4, 0.5) is 13.6 Å². The summed E-state index contributed by atoms with van der Waals surface area (Å²) in [6.07, 6.45) is -4.46. The van der Waals surface area contributed by atoms with Gasteiger partial charge in [-0.2, -0.15) is 0 Å². The number of carboxylic acids is 1. The first-order chi connectivity index (χ1) is 7.61. The molecule has 0 heterocycles. The van der Waals surface area contributed by atoms with Crippen molar-refractivity contribution in [1.29, 1.82) is 0 Å². The standard InChI is InChI=1S/C10H17F2NO4/c1-10(2,3)17-9(16)13-6(8(14)15)4-5-7(11)12/h6-7H,4-5H2,1-3H3,(H,13,16)(H,14,15)/t6-/m1/s1. The lowest BCUT2D eigenvalue weighted by Crippen LogP contribution is -2.43. The van der Waals surface area contributed by atoms with Crippen LogP contribution in [0.1, 0.15) is 33.6 Å². The molecule has 0 saturated heterocycles. The molecule has 0 unspecified atom stereocenters. The molecule has 0 aromatic carbocycles. The summed E-state index contributed by atoms with van der Waals surface area (Å²) in [4.78, 5) is 21.9. The van der Waals surface area contributed by atoms with Crippen molar-refractivity contribution < 1.29 is 28.2 Å². The second-order valence-corrected chi connectivity index (χ2v) is 4.51. The number of aliphatic carboxylic acids is 1. The summed E-state index contributed by atoms with van der Waals surface area (Å²) in [5.41, 5.74) is -0.768. The molecule has 0 fully saturated rings. The molecule has 7 heteroatoms. The van der Waals surface area contributed by atoms with Gasteiger partial charge in [-0.15, -0.1) is 0 Å². The van der Waals surface area contributed by atoms with Crippen molar-refractivity contribution in [2.75, 3.05) is 0 Å². The summed E-state index contributed by atoms with van der Waals surface area (Å²) in [6, 6.07) is -1.36. The molecule has 0 aliphatic rings. The zero-order chi connectivity index (χ0) is 13.6. The lowest BCUT2D eigenvalue weighted by Gasteiger charge is -2.21. The summed E-state index contributed by atoms with van der Waals surface area (Å²) in [5.74, 6) is -1.36. The van der Waals surface area contributed by atoms with E-state index in [2.05, 4.69) is 0 Å². The molecular weight excluding hydrogens is 236 g/mol. The Morgan fingerprint density at radius 3 is 2.18 bits per heavy atom. The molecule has 0 aromatic rings. The van der Waals surface area contributed by atoms with Crippen LogP contribution in [-0.4, -0.2) is 35.2 Å². The van der Waals surface area contributed by atoms with Gasteiger partial charge in [0, 0.05) is 6.42 Å². The molecular formula is C10H17F2NO4. The van der Waals surface area contributed by atoms with Gasteiger partial charge >= 0.3 is 12.1 Å². The zero-order valence-electron chi connectivity index (χ0n) is 10.00. The Morgan fingerprint density at radius 1 is 1.29 bits per heavy atom. The summed E-state index contributed by atoms with van der Waals surface area (Å²) in [6.45, 7) is 4.84. The predicted molar refractivity (Wildman–Crippen MR) is 56.0 cm³/mol. The molecule has 5 nitrogen and oxygen atoms in total. The highest BCUT2D eigenvalue weighted by Gasteiger charge is 2.24. The molecule has 1 amide bonds. The van der Waals surface area contributed by atoms with E-state index in [-0.39, 0.29) is 6.42 Å². The van der Waals surface area contributed by atoms with E-state index in [0.29, 0.717) is 0 Å². The first-order valence-electron chi connectivity index (χ1n) is 5.12. The molecule has 1 atom stereocenters. The van der Waals surface area contributed by atoms with E-state index < -0.39 is 36.6 Å². The summed E-state index contributed by atoms with van der Waals surface area (Å²) >= 11 is 0. The minimum absolute atomic E-state index is 0.341. The van der Waals surface area contributed by atoms with Gasteiger partial charge in [-0.3, -0.25) is 0 Å². The van der Waals surface area contributed by atoms with Crippen LogP contribution in [0, 0.1) is 0 Å². The fourth-order valence-electron chi connectivity index (χ4n) is 1.000. The number of rotatable bonds is 5. The van der Waals surface area contributed by atoms with E-state index in [4.69, 9.17) is 9.84 Å². The van der Waals surface area contributed by atoms with Gasteiger partial charge in [0.2, 0.25) is 6.43 Å². The number of halogens is 2. The van der Waals surface area contributed by atoms with Gasteiger partial charge in [0.15, 0.2) is 0 Å². The van der Waals surface area contributed by atoms with Gasteiger partial charge in [0.25, 0.3) is 0 Å². The number of hydrogen-bond donors (Lipinski definition) is 2. The van der Waals surface area contributed by atoms with Gasteiger partial charge in [0.1, 0.15) is 11.6 Å². The Hall–Kier alpha value is -1.40. The molecule has 17 heavy (non-hydrogen) atoms. The Labute approximate surface area is 98.1 Å². The Morgan fingerprint density at radius 2 is 1.82 bits per heavy atom. The average molecular weight is 253 g/mol. The summed E-state index contributed by atoms with van der Waals surface area (Å²) in [5, 5.41) is 10.8. The van der Waals surface area contributed by atoms with E-state index in [9.17, 15) is 18.4 Å². The zero-order valence-corrected chi connectivity index (χ0v) is 10.00. The third-order valence-corrected chi connectivity index (χ3v) is 1.66. The number of hydrogen-bond acceptors (Lipinski definition) is 3. The van der Waals surface area contributed by atoms with E-state index in [1.54, 1.807) is 20.8 Å². The number of carbonyl (C=O) groups is 2. The molecule has 0 saturated carbocycles. The van der Waals surface area contributed by atoms with Gasteiger partial charge < -0.3 is 15.2 Å². The molecule has 0 aliphatic heterocycles. The Balaban J connectivity index is 4.26. The Kier molecular flexibility index (Phi) is 5.84. The fourth-order valence-corrected chi connectivity index (χ4v) is 1.000. The van der Waals surface area contributed by atoms with Crippen molar-refractivity contribution in [1.82, 2.24) is 5.32 Å². The van der Waals surface area contributed by atoms with Gasteiger partial charge in [-0.25, -0.2) is 18.4 Å². The van der Waals surface area contributed by atoms with Crippen molar-refractivity contribution in [2.45, 2.75) is 51.7 Å². The third-order valence-electron chi connectivity index (χ3n) is 1.66. The second kappa shape index (κ2) is 6.36. The summed E-state index contributed by atoms with van der Waals surface area (Å²) in [7, 11) is 0. The monoisotopic (exact) mass is 253 g/mol. The van der Waals surface area contributed by atoms with Crippen molar-refractivity contribution in [2.24, 2.45) is 0 Å². The largest absolute Gasteiger partial charge is 0.480 e. The summed E-state index contributed by atoms with van der Waals surface area (Å²) < 4.78 is 28.7. The van der Waals surface area contributed by atoms with Gasteiger partial charge in [-0.1, -0.05) is 0 Å². The normalized spacial score (nSPS) is 13.3. The first-order valence-corrected chi connectivity index (χ1v) is 5.12. The van der Waals surface area contributed by atoms with Crippen LogP contribution in [-0.2, 0) is 9.53 Å². The molecule has 0 aromatic heterocycles. The van der Waals surface area contributed by atoms with Gasteiger partial charge in [0.05, 0.1) is 0 Å². The maximum absolute atomic E-state index is 11.9. The van der Waals surface area contributed by atoms with E-state index in [1.165, 1.54) is 0 Å². The van der Waals surface area contributed by atoms with E-state index in [1.807, 2.05) is 5.32 Å². The van der Waals surface area contributed by atoms with Crippen LogP contribution in [0.5, 0.6) is 0 Å². The van der Waals surface area contributed by atoms with Crippen LogP contribution in [0.2, 0.25) is 0 Å². The molecule has 0 bridgehead atoms. The van der Waals surface area contributed by atoms with Gasteiger partial charge in [-0.05, 0) is 27.2 Å². The minimum Gasteiger partial charge on any atom is -0.480 e. The number of amides is 1. The van der Waals surface area contributed by atoms with Crippen molar-refractivity contribution >= 4 is 12.1 Å².